The van der Waals surface area contributed by atoms with Crippen molar-refractivity contribution >= 4 is 11.7 Å². The van der Waals surface area contributed by atoms with Crippen LogP contribution in [0.2, 0.25) is 0 Å². The summed E-state index contributed by atoms with van der Waals surface area (Å²) in [5.74, 6) is -0.238. The Morgan fingerprint density at radius 3 is 2.89 bits per heavy atom. The number of benzene rings is 2. The molecule has 2 aromatic carbocycles. The van der Waals surface area contributed by atoms with Gasteiger partial charge >= 0.3 is 6.03 Å². The molecular weight excluding hydrogens is 357 g/mol. The number of rotatable bonds is 4. The SMILES string of the molecule is CC1CN(Cc2cccc(CNC(=O)N3CCc4c(F)cccc43)c2)CCO1. The predicted octanol–water partition coefficient (Wildman–Crippen LogP) is 3.32. The number of carbonyl (C=O) groups is 1. The summed E-state index contributed by atoms with van der Waals surface area (Å²) in [6.45, 7) is 6.59. The number of fused-ring (bicyclic) bond motifs is 1. The third-order valence-corrected chi connectivity index (χ3v) is 5.38. The summed E-state index contributed by atoms with van der Waals surface area (Å²) in [4.78, 5) is 16.6. The van der Waals surface area contributed by atoms with Gasteiger partial charge in [-0.25, -0.2) is 9.18 Å². The average molecular weight is 383 g/mol. The van der Waals surface area contributed by atoms with Gasteiger partial charge in [0.25, 0.3) is 0 Å². The van der Waals surface area contributed by atoms with Crippen molar-refractivity contribution in [1.29, 1.82) is 0 Å². The van der Waals surface area contributed by atoms with Gasteiger partial charge < -0.3 is 10.1 Å². The van der Waals surface area contributed by atoms with Gasteiger partial charge in [-0.15, -0.1) is 0 Å². The Morgan fingerprint density at radius 1 is 1.21 bits per heavy atom. The van der Waals surface area contributed by atoms with E-state index >= 15 is 0 Å². The standard InChI is InChI=1S/C22H26FN3O2/c1-16-14-25(10-11-28-16)15-18-5-2-4-17(12-18)13-24-22(27)26-9-8-19-20(23)6-3-7-21(19)26/h2-7,12,16H,8-11,13-15H2,1H3,(H,24,27). The number of hydrogen-bond donors (Lipinski definition) is 1. The predicted molar refractivity (Wildman–Crippen MR) is 107 cm³/mol. The number of morpholine rings is 1. The van der Waals surface area contributed by atoms with Crippen molar-refractivity contribution in [2.45, 2.75) is 32.5 Å². The van der Waals surface area contributed by atoms with Crippen molar-refractivity contribution in [3.05, 3.63) is 65.0 Å². The molecule has 1 N–H and O–H groups in total. The van der Waals surface area contributed by atoms with Crippen LogP contribution in [0.1, 0.15) is 23.6 Å². The first-order valence-corrected chi connectivity index (χ1v) is 9.84. The largest absolute Gasteiger partial charge is 0.376 e. The van der Waals surface area contributed by atoms with E-state index in [1.165, 1.54) is 11.6 Å². The molecule has 5 nitrogen and oxygen atoms in total. The Morgan fingerprint density at radius 2 is 2.04 bits per heavy atom. The van der Waals surface area contributed by atoms with E-state index < -0.39 is 0 Å². The minimum absolute atomic E-state index is 0.184. The molecule has 4 rings (SSSR count). The fourth-order valence-corrected chi connectivity index (χ4v) is 4.01. The van der Waals surface area contributed by atoms with Crippen LogP contribution in [-0.2, 0) is 24.2 Å². The molecule has 0 radical (unpaired) electrons. The van der Waals surface area contributed by atoms with Gasteiger partial charge in [0.2, 0.25) is 0 Å². The van der Waals surface area contributed by atoms with Crippen molar-refractivity contribution in [1.82, 2.24) is 10.2 Å². The van der Waals surface area contributed by atoms with Gasteiger partial charge in [0, 0.05) is 38.3 Å². The van der Waals surface area contributed by atoms with Gasteiger partial charge in [-0.2, -0.15) is 0 Å². The second-order valence-electron chi connectivity index (χ2n) is 7.53. The van der Waals surface area contributed by atoms with Crippen LogP contribution in [0.5, 0.6) is 0 Å². The third-order valence-electron chi connectivity index (χ3n) is 5.38. The van der Waals surface area contributed by atoms with Crippen LogP contribution in [0, 0.1) is 5.82 Å². The molecule has 2 aliphatic rings. The van der Waals surface area contributed by atoms with E-state index in [0.29, 0.717) is 30.8 Å². The van der Waals surface area contributed by atoms with Crippen molar-refractivity contribution in [3.8, 4) is 0 Å². The van der Waals surface area contributed by atoms with Crippen molar-refractivity contribution < 1.29 is 13.9 Å². The second-order valence-corrected chi connectivity index (χ2v) is 7.53. The van der Waals surface area contributed by atoms with E-state index in [4.69, 9.17) is 4.74 Å². The lowest BCUT2D eigenvalue weighted by molar-refractivity contribution is -0.0212. The topological polar surface area (TPSA) is 44.8 Å². The third kappa shape index (κ3) is 4.18. The first-order chi connectivity index (χ1) is 13.6. The van der Waals surface area contributed by atoms with Gasteiger partial charge in [-0.05, 0) is 36.6 Å². The van der Waals surface area contributed by atoms with Crippen LogP contribution in [0.15, 0.2) is 42.5 Å². The van der Waals surface area contributed by atoms with Crippen molar-refractivity contribution in [2.24, 2.45) is 0 Å². The van der Waals surface area contributed by atoms with Crippen LogP contribution in [-0.4, -0.2) is 43.3 Å². The molecule has 0 aromatic heterocycles. The Balaban J connectivity index is 1.35. The molecule has 28 heavy (non-hydrogen) atoms. The Bertz CT molecular complexity index is 857. The van der Waals surface area contributed by atoms with Crippen LogP contribution in [0.3, 0.4) is 0 Å². The summed E-state index contributed by atoms with van der Waals surface area (Å²) >= 11 is 0. The van der Waals surface area contributed by atoms with E-state index in [0.717, 1.165) is 31.8 Å². The first kappa shape index (κ1) is 18.9. The maximum Gasteiger partial charge on any atom is 0.322 e. The number of urea groups is 1. The van der Waals surface area contributed by atoms with Crippen LogP contribution in [0.4, 0.5) is 14.9 Å². The fraction of sp³-hybridized carbons (Fsp3) is 0.409. The van der Waals surface area contributed by atoms with E-state index in [-0.39, 0.29) is 18.0 Å². The van der Waals surface area contributed by atoms with E-state index in [1.807, 2.05) is 12.1 Å². The normalized spacial score (nSPS) is 19.5. The lowest BCUT2D eigenvalue weighted by Gasteiger charge is -2.31. The Kier molecular flexibility index (Phi) is 5.59. The van der Waals surface area contributed by atoms with E-state index in [9.17, 15) is 9.18 Å². The molecule has 1 fully saturated rings. The molecule has 0 bridgehead atoms. The molecule has 2 aliphatic heterocycles. The molecule has 2 heterocycles. The molecule has 0 spiro atoms. The molecule has 0 saturated carbocycles. The van der Waals surface area contributed by atoms with E-state index in [1.54, 1.807) is 17.0 Å². The summed E-state index contributed by atoms with van der Waals surface area (Å²) in [5, 5.41) is 2.97. The molecular formula is C22H26FN3O2. The number of halogens is 1. The maximum absolute atomic E-state index is 13.9. The zero-order valence-corrected chi connectivity index (χ0v) is 16.2. The Hall–Kier alpha value is -2.44. The monoisotopic (exact) mass is 383 g/mol. The lowest BCUT2D eigenvalue weighted by Crippen LogP contribution is -2.40. The highest BCUT2D eigenvalue weighted by atomic mass is 19.1. The molecule has 2 aromatic rings. The quantitative estimate of drug-likeness (QED) is 0.881. The zero-order chi connectivity index (χ0) is 19.5. The summed E-state index contributed by atoms with van der Waals surface area (Å²) < 4.78 is 19.5. The molecule has 1 atom stereocenters. The minimum atomic E-state index is -0.238. The maximum atomic E-state index is 13.9. The number of nitrogens with one attached hydrogen (secondary N) is 1. The number of nitrogens with zero attached hydrogens (tertiary/aromatic N) is 2. The number of amides is 2. The zero-order valence-electron chi connectivity index (χ0n) is 16.2. The number of hydrogen-bond acceptors (Lipinski definition) is 3. The number of carbonyl (C=O) groups excluding carboxylic acids is 1. The van der Waals surface area contributed by atoms with E-state index in [2.05, 4.69) is 29.3 Å². The number of anilines is 1. The number of ether oxygens (including phenoxy) is 1. The van der Waals surface area contributed by atoms with Crippen molar-refractivity contribution in [2.75, 3.05) is 31.1 Å². The minimum Gasteiger partial charge on any atom is -0.376 e. The highest BCUT2D eigenvalue weighted by Crippen LogP contribution is 2.29. The van der Waals surface area contributed by atoms with Gasteiger partial charge in [-0.3, -0.25) is 9.80 Å². The fourth-order valence-electron chi connectivity index (χ4n) is 4.01. The van der Waals surface area contributed by atoms with Gasteiger partial charge in [-0.1, -0.05) is 30.3 Å². The molecule has 6 heteroatoms. The first-order valence-electron chi connectivity index (χ1n) is 9.84. The summed E-state index contributed by atoms with van der Waals surface area (Å²) in [5.41, 5.74) is 3.59. The summed E-state index contributed by atoms with van der Waals surface area (Å²) in [6.07, 6.45) is 0.826. The van der Waals surface area contributed by atoms with Crippen LogP contribution >= 0.6 is 0 Å². The Labute approximate surface area is 165 Å². The van der Waals surface area contributed by atoms with Gasteiger partial charge in [0.15, 0.2) is 0 Å². The van der Waals surface area contributed by atoms with Gasteiger partial charge in [0.1, 0.15) is 5.82 Å². The highest BCUT2D eigenvalue weighted by molar-refractivity contribution is 5.94. The molecule has 1 saturated heterocycles. The molecule has 1 unspecified atom stereocenters. The smallest absolute Gasteiger partial charge is 0.322 e. The van der Waals surface area contributed by atoms with Crippen LogP contribution < -0.4 is 10.2 Å². The molecule has 148 valence electrons. The molecule has 2 amide bonds. The highest BCUT2D eigenvalue weighted by Gasteiger charge is 2.26. The molecule has 0 aliphatic carbocycles. The summed E-state index contributed by atoms with van der Waals surface area (Å²) in [7, 11) is 0. The van der Waals surface area contributed by atoms with Gasteiger partial charge in [0.05, 0.1) is 18.4 Å². The summed E-state index contributed by atoms with van der Waals surface area (Å²) in [6, 6.07) is 13.0. The van der Waals surface area contributed by atoms with Crippen molar-refractivity contribution in [3.63, 3.8) is 0 Å². The second kappa shape index (κ2) is 8.29. The average Bonchev–Trinajstić information content (AvgIpc) is 3.12. The van der Waals surface area contributed by atoms with Crippen LogP contribution in [0.25, 0.3) is 0 Å². The lowest BCUT2D eigenvalue weighted by atomic mass is 10.1.